The van der Waals surface area contributed by atoms with Crippen LogP contribution in [0.4, 0.5) is 48.5 Å². The number of halogens is 11. The number of anilines is 6. The highest BCUT2D eigenvalue weighted by Crippen LogP contribution is 2.38. The number of fused-ring (bicyclic) bond motifs is 3. The molecule has 41 heteroatoms. The second-order valence-corrected chi connectivity index (χ2v) is 36.8. The van der Waals surface area contributed by atoms with Gasteiger partial charge in [-0.2, -0.15) is 0 Å². The number of nitrogens with two attached hydrogens (primary N) is 2. The van der Waals surface area contributed by atoms with Gasteiger partial charge < -0.3 is 35.0 Å². The molecule has 0 saturated carbocycles. The monoisotopic (exact) mass is 2010 g/mol. The first-order valence-corrected chi connectivity index (χ1v) is 41.6. The molecule has 0 bridgehead atoms. The summed E-state index contributed by atoms with van der Waals surface area (Å²) in [5, 5.41) is 9.08. The quantitative estimate of drug-likeness (QED) is 0.0444. The fourth-order valence-corrected chi connectivity index (χ4v) is 12.6. The number of nitrogens with one attached hydrogen (secondary N) is 4. The van der Waals surface area contributed by atoms with E-state index in [1.54, 1.807) is 154 Å². The molecule has 1 fully saturated rings. The number of aromatic nitrogens is 12. The first kappa shape index (κ1) is 91.8. The molecule has 1 aliphatic rings. The molecule has 0 radical (unpaired) electrons. The van der Waals surface area contributed by atoms with Crippen LogP contribution in [0.15, 0.2) is 170 Å². The summed E-state index contributed by atoms with van der Waals surface area (Å²) in [6, 6.07) is 21.7. The maximum Gasteiger partial charge on any atom is 0.496 e. The van der Waals surface area contributed by atoms with Crippen molar-refractivity contribution >= 4 is 241 Å². The van der Waals surface area contributed by atoms with Gasteiger partial charge in [0.05, 0.1) is 87.3 Å². The topological polar surface area (TPSA) is 361 Å². The van der Waals surface area contributed by atoms with Gasteiger partial charge in [0.15, 0.2) is 30.9 Å². The predicted molar refractivity (Wildman–Crippen MR) is 469 cm³/mol. The molecule has 13 heterocycles. The van der Waals surface area contributed by atoms with Gasteiger partial charge in [-0.05, 0) is 195 Å². The molecule has 1 saturated heterocycles. The number of hydrogen-bond acceptors (Lipinski definition) is 21. The molecule has 0 aliphatic carbocycles. The molecule has 0 spiro atoms. The lowest BCUT2D eigenvalue weighted by Crippen LogP contribution is -2.41. The number of ether oxygens (including phenoxy) is 3. The van der Waals surface area contributed by atoms with Crippen LogP contribution in [0.1, 0.15) is 90.0 Å². The van der Waals surface area contributed by atoms with Crippen LogP contribution in [0, 0.1) is 0 Å². The molecule has 13 rings (SSSR count). The van der Waals surface area contributed by atoms with E-state index in [1.165, 1.54) is 0 Å². The van der Waals surface area contributed by atoms with Crippen molar-refractivity contribution in [3.05, 3.63) is 200 Å². The third kappa shape index (κ3) is 26.9. The Balaban J connectivity index is 0.000000175. The van der Waals surface area contributed by atoms with Gasteiger partial charge in [-0.1, -0.05) is 117 Å². The maximum absolute atomic E-state index is 12.0. The Bertz CT molecular complexity index is 5620. The molecule has 0 atom stereocenters. The summed E-state index contributed by atoms with van der Waals surface area (Å²) >= 11 is 51.9. The minimum atomic E-state index is -3.44. The zero-order valence-corrected chi connectivity index (χ0v) is 76.4. The highest BCUT2D eigenvalue weighted by molar-refractivity contribution is 9.11. The van der Waals surface area contributed by atoms with Crippen LogP contribution in [0.3, 0.4) is 0 Å². The van der Waals surface area contributed by atoms with Crippen molar-refractivity contribution in [2.24, 2.45) is 0 Å². The predicted octanol–water partition coefficient (Wildman–Crippen LogP) is 21.0. The molecule has 602 valence electrons. The number of hydrogen-bond donors (Lipinski definition) is 6. The van der Waals surface area contributed by atoms with E-state index in [1.807, 2.05) is 95.9 Å². The fraction of sp³-hybridized carbons (Fsp3) is 0.260. The van der Waals surface area contributed by atoms with E-state index < -0.39 is 63.4 Å². The largest absolute Gasteiger partial charge is 0.496 e. The lowest BCUT2D eigenvalue weighted by Gasteiger charge is -2.32. The van der Waals surface area contributed by atoms with Crippen molar-refractivity contribution in [3.8, 4) is 33.8 Å². The second-order valence-electron chi connectivity index (χ2n) is 28.4. The van der Waals surface area contributed by atoms with Crippen LogP contribution in [-0.2, 0) is 33.5 Å². The third-order valence-electron chi connectivity index (χ3n) is 15.1. The Morgan fingerprint density at radius 3 is 1.09 bits per heavy atom. The lowest BCUT2D eigenvalue weighted by molar-refractivity contribution is 0.00578. The van der Waals surface area contributed by atoms with Gasteiger partial charge in [-0.15, -0.1) is 0 Å². The summed E-state index contributed by atoms with van der Waals surface area (Å²) in [6.45, 7) is 24.0. The van der Waals surface area contributed by atoms with Crippen molar-refractivity contribution in [2.75, 3.05) is 38.4 Å². The van der Waals surface area contributed by atoms with Gasteiger partial charge in [-0.25, -0.2) is 67.7 Å². The zero-order valence-electron chi connectivity index (χ0n) is 63.1. The molecule has 8 N–H and O–H groups in total. The summed E-state index contributed by atoms with van der Waals surface area (Å²) in [5.74, 6) is 0. The zero-order chi connectivity index (χ0) is 84.3. The molecule has 0 unspecified atom stereocenters. The first-order valence-electron chi connectivity index (χ1n) is 33.5. The number of amides is 3. The number of sulfonamides is 1. The van der Waals surface area contributed by atoms with Crippen LogP contribution in [0.5, 0.6) is 0 Å². The number of rotatable bonds is 9. The highest BCUT2D eigenvalue weighted by atomic mass is 79.9. The smallest absolute Gasteiger partial charge is 0.444 e. The standard InChI is InChI=1S/C17H16BrClN4O2.C16H24BClN2O4.C13H10BrClN4O2S.C12H8BrClN4.C10H12BrClN2O2.C5H4BrClN2/c1-17(2,3)25-16(24)22-12-6-10(8-21-15(12)19)13-9-20-14-7-11(18)4-5-23(13)14;1-14(2,3)22-13(21)20-11-8-10(9-19-12(11)18)17-23-15(4,5)16(6,7)24-17;1-22(20,21)18-10-4-8(6-17-13(10)15)11-7-16-12-5-9(14)2-3-19(11)12;13-8-1-2-18-10(6-16-11(18)4-8)7-3-9(15)12(14)17-5-7;1-10(2,3)16-9(15)14-7-4-6(11)5-13-8(7)12;6-3-1-4(8)5(7)9-2-3/h4-9H,1-3H3,(H,22,24);8-9H,1-7H3,(H,20,21);2-7,18H,1H3;1-6H,15H2;4-5H,1-3H3,(H,14,15);1-2H,8H2. The maximum atomic E-state index is 12.0. The van der Waals surface area contributed by atoms with Crippen molar-refractivity contribution in [2.45, 2.75) is 118 Å². The molecule has 1 aliphatic heterocycles. The minimum Gasteiger partial charge on any atom is -0.444 e. The number of nitrogen functional groups attached to an aromatic ring is 2. The Morgan fingerprint density at radius 2 is 0.728 bits per heavy atom. The van der Waals surface area contributed by atoms with E-state index in [-0.39, 0.29) is 26.3 Å². The van der Waals surface area contributed by atoms with E-state index in [2.05, 4.69) is 145 Å². The average molecular weight is 2020 g/mol. The summed E-state index contributed by atoms with van der Waals surface area (Å²) in [6.07, 6.45) is 19.8. The van der Waals surface area contributed by atoms with E-state index in [0.29, 0.717) is 49.8 Å². The van der Waals surface area contributed by atoms with Gasteiger partial charge in [-0.3, -0.25) is 33.9 Å². The summed E-state index contributed by atoms with van der Waals surface area (Å²) < 4.78 is 62.8. The molecule has 3 amide bonds. The van der Waals surface area contributed by atoms with Crippen molar-refractivity contribution in [3.63, 3.8) is 0 Å². The molecule has 114 heavy (non-hydrogen) atoms. The van der Waals surface area contributed by atoms with E-state index in [0.717, 1.165) is 73.8 Å². The molecule has 28 nitrogen and oxygen atoms in total. The SMILES string of the molecule is CC(C)(C)OC(=O)Nc1cc(-c2cnc3cc(Br)ccn23)cnc1Cl.CC(C)(C)OC(=O)Nc1cc(B2OC(C)(C)C(C)(C)O2)cnc1Cl.CC(C)(C)OC(=O)Nc1cc(Br)cnc1Cl.CS(=O)(=O)Nc1cc(-c2cnc3cc(Br)ccn23)cnc1Cl.Nc1cc(-c2cnc3cc(Br)ccn23)cnc1Cl.Nc1cc(Br)cnc1Cl. The number of nitrogens with zero attached hydrogens (tertiary/aromatic N) is 12. The Labute approximate surface area is 729 Å². The van der Waals surface area contributed by atoms with Gasteiger partial charge in [0.1, 0.15) is 33.7 Å². The van der Waals surface area contributed by atoms with Gasteiger partial charge >= 0.3 is 25.4 Å². The Kier molecular flexibility index (Phi) is 31.0. The van der Waals surface area contributed by atoms with Crippen LogP contribution >= 0.6 is 149 Å². The van der Waals surface area contributed by atoms with Crippen LogP contribution < -0.4 is 37.6 Å². The van der Waals surface area contributed by atoms with Crippen LogP contribution in [-0.4, -0.2) is 126 Å². The minimum absolute atomic E-state index is 0.0886. The number of pyridine rings is 9. The van der Waals surface area contributed by atoms with Gasteiger partial charge in [0.2, 0.25) is 10.0 Å². The van der Waals surface area contributed by atoms with Crippen LogP contribution in [0.25, 0.3) is 50.7 Å². The van der Waals surface area contributed by atoms with Gasteiger partial charge in [0, 0.05) is 100 Å². The van der Waals surface area contributed by atoms with E-state index in [9.17, 15) is 22.8 Å². The number of imidazole rings is 3. The Morgan fingerprint density at radius 1 is 0.421 bits per heavy atom. The average Bonchev–Trinajstić information content (AvgIpc) is 1.63. The highest BCUT2D eigenvalue weighted by Gasteiger charge is 2.52. The molecule has 12 aromatic heterocycles. The molecular formula is C73H74BBr5Cl6N18O10S. The Hall–Kier alpha value is -7.75. The van der Waals surface area contributed by atoms with Crippen molar-refractivity contribution < 1.29 is 46.3 Å². The van der Waals surface area contributed by atoms with Crippen molar-refractivity contribution in [1.82, 2.24) is 58.1 Å². The third-order valence-corrected chi connectivity index (χ3v) is 19.9. The molecular weight excluding hydrogens is 1940 g/mol. The first-order chi connectivity index (χ1) is 53.0. The summed E-state index contributed by atoms with van der Waals surface area (Å²) in [4.78, 5) is 72.4. The summed E-state index contributed by atoms with van der Waals surface area (Å²) in [5.41, 5.74) is 18.8. The van der Waals surface area contributed by atoms with Crippen LogP contribution in [0.2, 0.25) is 30.9 Å². The number of carbonyl (C=O) groups is 3. The summed E-state index contributed by atoms with van der Waals surface area (Å²) in [7, 11) is -4.02. The fourth-order valence-electron chi connectivity index (χ4n) is 9.50. The molecule has 0 aromatic carbocycles. The normalized spacial score (nSPS) is 12.9. The second kappa shape index (κ2) is 38.6. The van der Waals surface area contributed by atoms with Gasteiger partial charge in [0.25, 0.3) is 0 Å². The van der Waals surface area contributed by atoms with Crippen molar-refractivity contribution in [1.29, 1.82) is 0 Å². The van der Waals surface area contributed by atoms with E-state index in [4.69, 9.17) is 105 Å². The lowest BCUT2D eigenvalue weighted by atomic mass is 9.80. The number of carbonyl (C=O) groups excluding carboxylic acids is 3. The molecule has 12 aromatic rings. The van der Waals surface area contributed by atoms with E-state index >= 15 is 0 Å².